The van der Waals surface area contributed by atoms with Crippen molar-refractivity contribution in [3.05, 3.63) is 109 Å². The van der Waals surface area contributed by atoms with Crippen LogP contribution in [0.5, 0.6) is 23.0 Å². The lowest BCUT2D eigenvalue weighted by Gasteiger charge is -2.10. The fourth-order valence-corrected chi connectivity index (χ4v) is 2.81. The molecule has 1 atom stereocenters. The monoisotopic (exact) mass is 504 g/mol. The SMILES string of the molecule is C=CC(=O)Oc1ccc(C(=O)Oc2ccc(OC(=O)c3ccc(OCCOC(O)C=C)cc3)cc2)cc1. The molecule has 3 rings (SSSR count). The third-order valence-corrected chi connectivity index (χ3v) is 4.65. The molecule has 1 N–H and O–H groups in total. The van der Waals surface area contributed by atoms with Crippen LogP contribution in [0.4, 0.5) is 0 Å². The van der Waals surface area contributed by atoms with Gasteiger partial charge in [0.25, 0.3) is 0 Å². The first kappa shape index (κ1) is 26.9. The van der Waals surface area contributed by atoms with E-state index in [2.05, 4.69) is 13.2 Å². The zero-order valence-corrected chi connectivity index (χ0v) is 19.7. The molecule has 0 amide bonds. The van der Waals surface area contributed by atoms with E-state index in [1.165, 1.54) is 54.6 Å². The fourth-order valence-electron chi connectivity index (χ4n) is 2.81. The van der Waals surface area contributed by atoms with E-state index >= 15 is 0 Å². The van der Waals surface area contributed by atoms with Crippen molar-refractivity contribution < 1.29 is 43.2 Å². The normalized spacial score (nSPS) is 11.1. The van der Waals surface area contributed by atoms with Crippen LogP contribution in [0.25, 0.3) is 0 Å². The number of carbonyl (C=O) groups is 3. The number of aliphatic hydroxyl groups is 1. The molecule has 0 aliphatic rings. The van der Waals surface area contributed by atoms with Crippen molar-refractivity contribution >= 4 is 17.9 Å². The van der Waals surface area contributed by atoms with Crippen LogP contribution in [-0.4, -0.2) is 42.5 Å². The van der Waals surface area contributed by atoms with Crippen LogP contribution < -0.4 is 18.9 Å². The molecule has 3 aromatic carbocycles. The molecule has 3 aromatic rings. The Bertz CT molecular complexity index is 1230. The summed E-state index contributed by atoms with van der Waals surface area (Å²) in [5.74, 6) is -0.501. The Kier molecular flexibility index (Phi) is 9.72. The maximum absolute atomic E-state index is 12.4. The van der Waals surface area contributed by atoms with Crippen molar-refractivity contribution in [1.82, 2.24) is 0 Å². The third-order valence-electron chi connectivity index (χ3n) is 4.65. The summed E-state index contributed by atoms with van der Waals surface area (Å²) >= 11 is 0. The van der Waals surface area contributed by atoms with Gasteiger partial charge in [-0.1, -0.05) is 13.2 Å². The zero-order chi connectivity index (χ0) is 26.6. The van der Waals surface area contributed by atoms with Gasteiger partial charge in [0, 0.05) is 6.08 Å². The molecule has 9 nitrogen and oxygen atoms in total. The van der Waals surface area contributed by atoms with Gasteiger partial charge in [0.1, 0.15) is 29.6 Å². The lowest BCUT2D eigenvalue weighted by Crippen LogP contribution is -2.14. The summed E-state index contributed by atoms with van der Waals surface area (Å²) in [6.45, 7) is 7.09. The van der Waals surface area contributed by atoms with E-state index < -0.39 is 24.2 Å². The van der Waals surface area contributed by atoms with Crippen LogP contribution in [0.3, 0.4) is 0 Å². The fraction of sp³-hybridized carbons (Fsp3) is 0.107. The molecule has 1 unspecified atom stereocenters. The van der Waals surface area contributed by atoms with Gasteiger partial charge in [0.2, 0.25) is 0 Å². The highest BCUT2D eigenvalue weighted by molar-refractivity contribution is 5.92. The summed E-state index contributed by atoms with van der Waals surface area (Å²) in [5.41, 5.74) is 0.562. The molecule has 9 heteroatoms. The van der Waals surface area contributed by atoms with E-state index in [9.17, 15) is 19.5 Å². The second-order valence-electron chi connectivity index (χ2n) is 7.27. The second kappa shape index (κ2) is 13.4. The average Bonchev–Trinajstić information content (AvgIpc) is 2.92. The number of carbonyl (C=O) groups excluding carboxylic acids is 3. The van der Waals surface area contributed by atoms with Crippen LogP contribution in [0.2, 0.25) is 0 Å². The minimum absolute atomic E-state index is 0.168. The summed E-state index contributed by atoms with van der Waals surface area (Å²) < 4.78 is 26.1. The number of aliphatic hydroxyl groups excluding tert-OH is 1. The lowest BCUT2D eigenvalue weighted by atomic mass is 10.2. The molecule has 0 aliphatic carbocycles. The molecular weight excluding hydrogens is 480 g/mol. The number of hydrogen-bond acceptors (Lipinski definition) is 9. The Morgan fingerprint density at radius 3 is 1.57 bits per heavy atom. The first-order valence-electron chi connectivity index (χ1n) is 11.0. The van der Waals surface area contributed by atoms with E-state index in [0.29, 0.717) is 11.3 Å². The third kappa shape index (κ3) is 8.46. The Hall–Kier alpha value is -4.73. The minimum Gasteiger partial charge on any atom is -0.491 e. The topological polar surface area (TPSA) is 118 Å². The molecule has 0 aliphatic heterocycles. The number of esters is 3. The van der Waals surface area contributed by atoms with E-state index in [4.69, 9.17) is 23.7 Å². The molecule has 190 valence electrons. The summed E-state index contributed by atoms with van der Waals surface area (Å²) in [5, 5.41) is 9.23. The van der Waals surface area contributed by atoms with Crippen molar-refractivity contribution in [2.75, 3.05) is 13.2 Å². The number of rotatable bonds is 12. The largest absolute Gasteiger partial charge is 0.491 e. The van der Waals surface area contributed by atoms with E-state index in [1.54, 1.807) is 24.3 Å². The van der Waals surface area contributed by atoms with Gasteiger partial charge in [-0.25, -0.2) is 14.4 Å². The van der Waals surface area contributed by atoms with Crippen LogP contribution >= 0.6 is 0 Å². The Balaban J connectivity index is 1.48. The number of benzene rings is 3. The summed E-state index contributed by atoms with van der Waals surface area (Å²) in [7, 11) is 0. The smallest absolute Gasteiger partial charge is 0.343 e. The quantitative estimate of drug-likeness (QED) is 0.0971. The summed E-state index contributed by atoms with van der Waals surface area (Å²) in [4.78, 5) is 36.0. The van der Waals surface area contributed by atoms with Gasteiger partial charge in [-0.2, -0.15) is 0 Å². The molecule has 0 heterocycles. The van der Waals surface area contributed by atoms with Crippen molar-refractivity contribution in [1.29, 1.82) is 0 Å². The molecule has 0 radical (unpaired) electrons. The standard InChI is InChI=1S/C28H24O9/c1-3-25(29)34-18-17-33-21-9-5-19(6-10-21)27(31)36-23-13-15-24(16-14-23)37-28(32)20-7-11-22(12-8-20)35-26(30)4-2/h3-16,25,29H,1-2,17-18H2. The van der Waals surface area contributed by atoms with E-state index in [1.807, 2.05) is 0 Å². The Labute approximate surface area is 213 Å². The van der Waals surface area contributed by atoms with E-state index in [0.717, 1.165) is 6.08 Å². The van der Waals surface area contributed by atoms with Gasteiger partial charge in [-0.3, -0.25) is 0 Å². The molecule has 0 fully saturated rings. The number of hydrogen-bond donors (Lipinski definition) is 1. The summed E-state index contributed by atoms with van der Waals surface area (Å²) in [6, 6.07) is 18.1. The van der Waals surface area contributed by atoms with Gasteiger partial charge < -0.3 is 28.8 Å². The second-order valence-corrected chi connectivity index (χ2v) is 7.27. The molecule has 0 saturated heterocycles. The highest BCUT2D eigenvalue weighted by Crippen LogP contribution is 2.21. The molecule has 0 saturated carbocycles. The maximum Gasteiger partial charge on any atom is 0.343 e. The lowest BCUT2D eigenvalue weighted by molar-refractivity contribution is -0.128. The van der Waals surface area contributed by atoms with Crippen molar-refractivity contribution in [2.24, 2.45) is 0 Å². The van der Waals surface area contributed by atoms with Crippen LogP contribution in [-0.2, 0) is 9.53 Å². The predicted molar refractivity (Wildman–Crippen MR) is 133 cm³/mol. The van der Waals surface area contributed by atoms with E-state index in [-0.39, 0.29) is 36.0 Å². The molecular formula is C28H24O9. The van der Waals surface area contributed by atoms with Crippen molar-refractivity contribution in [2.45, 2.75) is 6.29 Å². The van der Waals surface area contributed by atoms with Gasteiger partial charge in [0.15, 0.2) is 6.29 Å². The molecule has 37 heavy (non-hydrogen) atoms. The van der Waals surface area contributed by atoms with Gasteiger partial charge >= 0.3 is 17.9 Å². The first-order chi connectivity index (χ1) is 17.9. The molecule has 0 spiro atoms. The van der Waals surface area contributed by atoms with Crippen molar-refractivity contribution in [3.63, 3.8) is 0 Å². The van der Waals surface area contributed by atoms with Gasteiger partial charge in [-0.05, 0) is 78.9 Å². The first-order valence-corrected chi connectivity index (χ1v) is 11.0. The van der Waals surface area contributed by atoms with Crippen LogP contribution in [0.1, 0.15) is 20.7 Å². The Morgan fingerprint density at radius 2 is 1.11 bits per heavy atom. The average molecular weight is 504 g/mol. The minimum atomic E-state index is -1.05. The van der Waals surface area contributed by atoms with Crippen LogP contribution in [0.15, 0.2) is 98.1 Å². The zero-order valence-electron chi connectivity index (χ0n) is 19.7. The van der Waals surface area contributed by atoms with Crippen LogP contribution in [0, 0.1) is 0 Å². The van der Waals surface area contributed by atoms with Crippen molar-refractivity contribution in [3.8, 4) is 23.0 Å². The predicted octanol–water partition coefficient (Wildman–Crippen LogP) is 4.12. The number of ether oxygens (including phenoxy) is 5. The maximum atomic E-state index is 12.4. The molecule has 0 aromatic heterocycles. The molecule has 0 bridgehead atoms. The Morgan fingerprint density at radius 1 is 0.676 bits per heavy atom. The van der Waals surface area contributed by atoms with Gasteiger partial charge in [-0.15, -0.1) is 0 Å². The summed E-state index contributed by atoms with van der Waals surface area (Å²) in [6.07, 6.45) is 1.25. The van der Waals surface area contributed by atoms with Gasteiger partial charge in [0.05, 0.1) is 17.7 Å². The highest BCUT2D eigenvalue weighted by Gasteiger charge is 2.12. The highest BCUT2D eigenvalue weighted by atomic mass is 16.6.